The third-order valence-electron chi connectivity index (χ3n) is 2.93. The van der Waals surface area contributed by atoms with Gasteiger partial charge in [-0.05, 0) is 29.4 Å². The van der Waals surface area contributed by atoms with Gasteiger partial charge in [-0.15, -0.1) is 0 Å². The van der Waals surface area contributed by atoms with Crippen LogP contribution in [0.25, 0.3) is 0 Å². The van der Waals surface area contributed by atoms with Crippen LogP contribution in [0.3, 0.4) is 0 Å². The van der Waals surface area contributed by atoms with E-state index in [0.717, 1.165) is 6.07 Å². The molecule has 3 heteroatoms. The molecule has 0 bridgehead atoms. The molecule has 0 saturated heterocycles. The van der Waals surface area contributed by atoms with Crippen molar-refractivity contribution in [1.82, 2.24) is 0 Å². The second-order valence-corrected chi connectivity index (χ2v) is 5.19. The van der Waals surface area contributed by atoms with Gasteiger partial charge in [0.05, 0.1) is 0 Å². The van der Waals surface area contributed by atoms with Crippen molar-refractivity contribution in [3.63, 3.8) is 0 Å². The second-order valence-electron chi connectivity index (χ2n) is 5.19. The summed E-state index contributed by atoms with van der Waals surface area (Å²) in [5.41, 5.74) is 0.352. The monoisotopic (exact) mass is 228 g/mol. The van der Waals surface area contributed by atoms with Crippen LogP contribution in [0.1, 0.15) is 26.3 Å². The van der Waals surface area contributed by atoms with Crippen LogP contribution >= 0.6 is 0 Å². The summed E-state index contributed by atoms with van der Waals surface area (Å²) in [6.45, 7) is 5.99. The van der Waals surface area contributed by atoms with Crippen molar-refractivity contribution < 1.29 is 13.9 Å². The van der Waals surface area contributed by atoms with E-state index in [-0.39, 0.29) is 17.9 Å². The Hall–Kier alpha value is -0.960. The van der Waals surface area contributed by atoms with Gasteiger partial charge >= 0.3 is 0 Å². The van der Waals surface area contributed by atoms with Crippen LogP contribution in [0.15, 0.2) is 18.2 Å². The van der Waals surface area contributed by atoms with Crippen LogP contribution in [-0.2, 0) is 6.42 Å². The molecule has 0 radical (unpaired) electrons. The molecule has 0 aliphatic heterocycles. The van der Waals surface area contributed by atoms with Crippen LogP contribution < -0.4 is 0 Å². The Labute approximate surface area is 95.1 Å². The van der Waals surface area contributed by atoms with Gasteiger partial charge in [-0.1, -0.05) is 26.8 Å². The first-order valence-electron chi connectivity index (χ1n) is 5.39. The van der Waals surface area contributed by atoms with Gasteiger partial charge in [0.2, 0.25) is 0 Å². The molecule has 1 atom stereocenters. The molecule has 0 aliphatic rings. The molecular formula is C13H18F2O. The Bertz CT molecular complexity index is 355. The highest BCUT2D eigenvalue weighted by Crippen LogP contribution is 2.29. The Morgan fingerprint density at radius 3 is 2.31 bits per heavy atom. The molecule has 0 aromatic heterocycles. The lowest BCUT2D eigenvalue weighted by Crippen LogP contribution is -2.26. The van der Waals surface area contributed by atoms with Crippen LogP contribution in [0.4, 0.5) is 8.78 Å². The smallest absolute Gasteiger partial charge is 0.129 e. The highest BCUT2D eigenvalue weighted by molar-refractivity contribution is 5.19. The summed E-state index contributed by atoms with van der Waals surface area (Å²) in [4.78, 5) is 0. The van der Waals surface area contributed by atoms with Gasteiger partial charge in [-0.3, -0.25) is 0 Å². The first-order chi connectivity index (χ1) is 7.34. The summed E-state index contributed by atoms with van der Waals surface area (Å²) in [6, 6.07) is 3.57. The average molecular weight is 228 g/mol. The van der Waals surface area contributed by atoms with Gasteiger partial charge < -0.3 is 5.11 Å². The minimum Gasteiger partial charge on any atom is -0.396 e. The van der Waals surface area contributed by atoms with Crippen LogP contribution in [-0.4, -0.2) is 11.7 Å². The number of aliphatic hydroxyl groups is 1. The fourth-order valence-corrected chi connectivity index (χ4v) is 1.60. The van der Waals surface area contributed by atoms with E-state index >= 15 is 0 Å². The zero-order valence-corrected chi connectivity index (χ0v) is 9.93. The zero-order valence-electron chi connectivity index (χ0n) is 9.93. The molecule has 1 rings (SSSR count). The number of hydrogen-bond acceptors (Lipinski definition) is 1. The average Bonchev–Trinajstić information content (AvgIpc) is 2.14. The molecule has 1 nitrogen and oxygen atoms in total. The molecule has 0 aliphatic carbocycles. The number of hydrogen-bond donors (Lipinski definition) is 1. The SMILES string of the molecule is CC(C)(C)C(CO)Cc1ccc(F)cc1F. The molecule has 0 fully saturated rings. The minimum absolute atomic E-state index is 0.000314. The maximum Gasteiger partial charge on any atom is 0.129 e. The Morgan fingerprint density at radius 1 is 1.25 bits per heavy atom. The lowest BCUT2D eigenvalue weighted by atomic mass is 9.78. The number of halogens is 2. The molecule has 0 saturated carbocycles. The van der Waals surface area contributed by atoms with E-state index in [1.54, 1.807) is 0 Å². The first-order valence-corrected chi connectivity index (χ1v) is 5.39. The highest BCUT2D eigenvalue weighted by Gasteiger charge is 2.25. The summed E-state index contributed by atoms with van der Waals surface area (Å²) in [5, 5.41) is 9.27. The van der Waals surface area contributed by atoms with Crippen LogP contribution in [0, 0.1) is 23.0 Å². The van der Waals surface area contributed by atoms with Gasteiger partial charge in [-0.25, -0.2) is 8.78 Å². The fourth-order valence-electron chi connectivity index (χ4n) is 1.60. The standard InChI is InChI=1S/C13H18F2O/c1-13(2,3)10(8-16)6-9-4-5-11(14)7-12(9)15/h4-5,7,10,16H,6,8H2,1-3H3. The Kier molecular flexibility index (Phi) is 4.03. The summed E-state index contributed by atoms with van der Waals surface area (Å²) in [5.74, 6) is -1.15. The predicted molar refractivity (Wildman–Crippen MR) is 60.1 cm³/mol. The fraction of sp³-hybridized carbons (Fsp3) is 0.538. The van der Waals surface area contributed by atoms with Crippen molar-refractivity contribution in [3.05, 3.63) is 35.4 Å². The van der Waals surface area contributed by atoms with E-state index in [0.29, 0.717) is 12.0 Å². The summed E-state index contributed by atoms with van der Waals surface area (Å²) < 4.78 is 26.1. The molecule has 90 valence electrons. The Morgan fingerprint density at radius 2 is 1.88 bits per heavy atom. The van der Waals surface area contributed by atoms with Gasteiger partial charge in [0.25, 0.3) is 0 Å². The van der Waals surface area contributed by atoms with Crippen molar-refractivity contribution in [1.29, 1.82) is 0 Å². The third-order valence-corrected chi connectivity index (χ3v) is 2.93. The van der Waals surface area contributed by atoms with E-state index in [1.165, 1.54) is 12.1 Å². The van der Waals surface area contributed by atoms with Gasteiger partial charge in [0, 0.05) is 12.7 Å². The van der Waals surface area contributed by atoms with Crippen molar-refractivity contribution in [2.45, 2.75) is 27.2 Å². The molecular weight excluding hydrogens is 210 g/mol. The largest absolute Gasteiger partial charge is 0.396 e. The normalized spacial score (nSPS) is 13.9. The van der Waals surface area contributed by atoms with Crippen molar-refractivity contribution in [2.24, 2.45) is 11.3 Å². The quantitative estimate of drug-likeness (QED) is 0.842. The van der Waals surface area contributed by atoms with E-state index in [1.807, 2.05) is 20.8 Å². The third kappa shape index (κ3) is 3.27. The van der Waals surface area contributed by atoms with Gasteiger partial charge in [0.1, 0.15) is 11.6 Å². The Balaban J connectivity index is 2.86. The molecule has 1 aromatic rings. The maximum absolute atomic E-state index is 13.4. The molecule has 1 N–H and O–H groups in total. The lowest BCUT2D eigenvalue weighted by molar-refractivity contribution is 0.130. The topological polar surface area (TPSA) is 20.2 Å². The molecule has 0 heterocycles. The van der Waals surface area contributed by atoms with Gasteiger partial charge in [-0.2, -0.15) is 0 Å². The summed E-state index contributed by atoms with van der Waals surface area (Å²) in [7, 11) is 0. The van der Waals surface area contributed by atoms with Crippen LogP contribution in [0.2, 0.25) is 0 Å². The molecule has 16 heavy (non-hydrogen) atoms. The lowest BCUT2D eigenvalue weighted by Gasteiger charge is -2.29. The first kappa shape index (κ1) is 13.1. The van der Waals surface area contributed by atoms with Crippen molar-refractivity contribution in [2.75, 3.05) is 6.61 Å². The maximum atomic E-state index is 13.4. The van der Waals surface area contributed by atoms with Gasteiger partial charge in [0.15, 0.2) is 0 Å². The number of aliphatic hydroxyl groups excluding tert-OH is 1. The summed E-state index contributed by atoms with van der Waals surface area (Å²) in [6.07, 6.45) is 0.423. The summed E-state index contributed by atoms with van der Waals surface area (Å²) >= 11 is 0. The van der Waals surface area contributed by atoms with E-state index in [4.69, 9.17) is 0 Å². The minimum atomic E-state index is -0.572. The molecule has 1 unspecified atom stereocenters. The van der Waals surface area contributed by atoms with E-state index < -0.39 is 11.6 Å². The zero-order chi connectivity index (χ0) is 12.3. The number of benzene rings is 1. The molecule has 0 amide bonds. The molecule has 0 spiro atoms. The van der Waals surface area contributed by atoms with E-state index in [2.05, 4.69) is 0 Å². The highest BCUT2D eigenvalue weighted by atomic mass is 19.1. The predicted octanol–water partition coefficient (Wildman–Crippen LogP) is 3.16. The molecule has 1 aromatic carbocycles. The van der Waals surface area contributed by atoms with Crippen LogP contribution in [0.5, 0.6) is 0 Å². The van der Waals surface area contributed by atoms with Crippen molar-refractivity contribution >= 4 is 0 Å². The second kappa shape index (κ2) is 4.91. The van der Waals surface area contributed by atoms with E-state index in [9.17, 15) is 13.9 Å². The number of rotatable bonds is 3. The van der Waals surface area contributed by atoms with Crippen molar-refractivity contribution in [3.8, 4) is 0 Å².